The smallest absolute Gasteiger partial charge is 0.246 e. The second-order valence-corrected chi connectivity index (χ2v) is 6.55. The number of hydrogen-bond donors (Lipinski definition) is 1. The number of piperidine rings is 1. The maximum Gasteiger partial charge on any atom is 0.246 e. The summed E-state index contributed by atoms with van der Waals surface area (Å²) in [5, 5.41) is 6.78. The van der Waals surface area contributed by atoms with Crippen molar-refractivity contribution in [3.8, 4) is 0 Å². The number of amides is 1. The Bertz CT molecular complexity index is 464. The first-order valence-electron chi connectivity index (χ1n) is 7.42. The number of nitrogens with one attached hydrogen (secondary N) is 1. The van der Waals surface area contributed by atoms with Crippen molar-refractivity contribution in [1.82, 2.24) is 20.4 Å². The molecule has 1 atom stereocenters. The third-order valence-corrected chi connectivity index (χ3v) is 4.30. The Morgan fingerprint density at radius 2 is 2.38 bits per heavy atom. The van der Waals surface area contributed by atoms with Gasteiger partial charge in [0.05, 0.1) is 18.2 Å². The van der Waals surface area contributed by atoms with Gasteiger partial charge in [-0.05, 0) is 39.5 Å². The van der Waals surface area contributed by atoms with Crippen LogP contribution in [-0.2, 0) is 17.1 Å². The number of nitrogens with zero attached hydrogens (tertiary/aromatic N) is 3. The SMILES string of the molecule is CSCc1noc(CNC(=O)[C@H]2CCCN(C(C)C)C2)n1. The molecule has 0 spiro atoms. The van der Waals surface area contributed by atoms with Crippen LogP contribution in [0.5, 0.6) is 0 Å². The molecular formula is C14H24N4O2S. The highest BCUT2D eigenvalue weighted by Gasteiger charge is 2.26. The van der Waals surface area contributed by atoms with Crippen LogP contribution < -0.4 is 5.32 Å². The summed E-state index contributed by atoms with van der Waals surface area (Å²) < 4.78 is 5.11. The number of thioether (sulfide) groups is 1. The highest BCUT2D eigenvalue weighted by Crippen LogP contribution is 2.18. The van der Waals surface area contributed by atoms with E-state index in [0.717, 1.165) is 31.7 Å². The van der Waals surface area contributed by atoms with Crippen LogP contribution in [0.4, 0.5) is 0 Å². The first-order valence-corrected chi connectivity index (χ1v) is 8.81. The minimum atomic E-state index is 0.0646. The molecule has 0 saturated carbocycles. The van der Waals surface area contributed by atoms with E-state index in [9.17, 15) is 4.79 Å². The lowest BCUT2D eigenvalue weighted by Crippen LogP contribution is -2.45. The predicted octanol–water partition coefficient (Wildman–Crippen LogP) is 1.67. The van der Waals surface area contributed by atoms with E-state index in [1.807, 2.05) is 6.26 Å². The molecule has 1 amide bonds. The van der Waals surface area contributed by atoms with Crippen molar-refractivity contribution >= 4 is 17.7 Å². The number of rotatable bonds is 6. The van der Waals surface area contributed by atoms with Crippen molar-refractivity contribution in [3.05, 3.63) is 11.7 Å². The first kappa shape index (κ1) is 16.3. The van der Waals surface area contributed by atoms with Crippen LogP contribution in [0.2, 0.25) is 0 Å². The summed E-state index contributed by atoms with van der Waals surface area (Å²) in [5.74, 6) is 2.03. The number of likely N-dealkylation sites (tertiary alicyclic amines) is 1. The van der Waals surface area contributed by atoms with Crippen molar-refractivity contribution in [3.63, 3.8) is 0 Å². The van der Waals surface area contributed by atoms with Crippen LogP contribution in [0.25, 0.3) is 0 Å². The van der Waals surface area contributed by atoms with Crippen LogP contribution in [0.1, 0.15) is 38.4 Å². The fourth-order valence-corrected chi connectivity index (χ4v) is 2.92. The lowest BCUT2D eigenvalue weighted by atomic mass is 9.96. The molecule has 6 nitrogen and oxygen atoms in total. The van der Waals surface area contributed by atoms with Crippen LogP contribution >= 0.6 is 11.8 Å². The molecular weight excluding hydrogens is 288 g/mol. The van der Waals surface area contributed by atoms with Crippen molar-refractivity contribution in [2.24, 2.45) is 5.92 Å². The molecule has 0 bridgehead atoms. The Balaban J connectivity index is 1.80. The maximum absolute atomic E-state index is 12.2. The zero-order valence-electron chi connectivity index (χ0n) is 13.0. The Morgan fingerprint density at radius 3 is 3.10 bits per heavy atom. The average molecular weight is 312 g/mol. The monoisotopic (exact) mass is 312 g/mol. The Labute approximate surface area is 130 Å². The zero-order valence-corrected chi connectivity index (χ0v) is 13.8. The van der Waals surface area contributed by atoms with Gasteiger partial charge in [0.15, 0.2) is 5.82 Å². The van der Waals surface area contributed by atoms with E-state index in [1.54, 1.807) is 11.8 Å². The number of hydrogen-bond acceptors (Lipinski definition) is 6. The number of carbonyl (C=O) groups excluding carboxylic acids is 1. The highest BCUT2D eigenvalue weighted by atomic mass is 32.2. The molecule has 2 rings (SSSR count). The highest BCUT2D eigenvalue weighted by molar-refractivity contribution is 7.97. The van der Waals surface area contributed by atoms with E-state index < -0.39 is 0 Å². The fourth-order valence-electron chi connectivity index (χ4n) is 2.55. The number of aromatic nitrogens is 2. The normalized spacial score (nSPS) is 19.9. The molecule has 1 aliphatic heterocycles. The van der Waals surface area contributed by atoms with Crippen molar-refractivity contribution in [2.45, 2.75) is 45.0 Å². The largest absolute Gasteiger partial charge is 0.347 e. The topological polar surface area (TPSA) is 71.3 Å². The Hall–Kier alpha value is -1.08. The van der Waals surface area contributed by atoms with Gasteiger partial charge < -0.3 is 14.7 Å². The second kappa shape index (κ2) is 7.79. The van der Waals surface area contributed by atoms with Crippen LogP contribution in [0.3, 0.4) is 0 Å². The van der Waals surface area contributed by atoms with Gasteiger partial charge >= 0.3 is 0 Å². The molecule has 0 radical (unpaired) electrons. The molecule has 7 heteroatoms. The summed E-state index contributed by atoms with van der Waals surface area (Å²) >= 11 is 1.64. The molecule has 1 aromatic rings. The van der Waals surface area contributed by atoms with E-state index in [2.05, 4.69) is 34.2 Å². The lowest BCUT2D eigenvalue weighted by Gasteiger charge is -2.34. The first-order chi connectivity index (χ1) is 10.1. The van der Waals surface area contributed by atoms with Crippen molar-refractivity contribution in [1.29, 1.82) is 0 Å². The van der Waals surface area contributed by atoms with Gasteiger partial charge in [0.25, 0.3) is 0 Å². The van der Waals surface area contributed by atoms with Gasteiger partial charge in [-0.15, -0.1) is 0 Å². The average Bonchev–Trinajstić information content (AvgIpc) is 2.93. The van der Waals surface area contributed by atoms with Gasteiger partial charge in [0, 0.05) is 12.6 Å². The molecule has 2 heterocycles. The second-order valence-electron chi connectivity index (χ2n) is 5.68. The van der Waals surface area contributed by atoms with Gasteiger partial charge in [-0.3, -0.25) is 4.79 Å². The van der Waals surface area contributed by atoms with Gasteiger partial charge in [-0.2, -0.15) is 16.7 Å². The molecule has 1 fully saturated rings. The van der Waals surface area contributed by atoms with Gasteiger partial charge in [0.2, 0.25) is 11.8 Å². The lowest BCUT2D eigenvalue weighted by molar-refractivity contribution is -0.127. The third kappa shape index (κ3) is 4.71. The van der Waals surface area contributed by atoms with Crippen molar-refractivity contribution in [2.75, 3.05) is 19.3 Å². The Morgan fingerprint density at radius 1 is 1.57 bits per heavy atom. The van der Waals surface area contributed by atoms with Gasteiger partial charge in [-0.25, -0.2) is 0 Å². The standard InChI is InChI=1S/C14H24N4O2S/c1-10(2)18-6-4-5-11(8-18)14(19)15-7-13-16-12(9-21-3)17-20-13/h10-11H,4-9H2,1-3H3,(H,15,19)/t11-/m0/s1. The molecule has 1 aromatic heterocycles. The summed E-state index contributed by atoms with van der Waals surface area (Å²) in [7, 11) is 0. The third-order valence-electron chi connectivity index (χ3n) is 3.75. The summed E-state index contributed by atoms with van der Waals surface area (Å²) in [6.07, 6.45) is 4.02. The fraction of sp³-hybridized carbons (Fsp3) is 0.786. The molecule has 118 valence electrons. The molecule has 0 aromatic carbocycles. The summed E-state index contributed by atoms with van der Waals surface area (Å²) in [6.45, 7) is 6.59. The van der Waals surface area contributed by atoms with Crippen LogP contribution in [-0.4, -0.2) is 46.3 Å². The van der Waals surface area contributed by atoms with E-state index in [1.165, 1.54) is 0 Å². The molecule has 0 unspecified atom stereocenters. The quantitative estimate of drug-likeness (QED) is 0.861. The molecule has 1 aliphatic rings. The summed E-state index contributed by atoms with van der Waals surface area (Å²) in [6, 6.07) is 0.491. The van der Waals surface area contributed by atoms with E-state index in [4.69, 9.17) is 4.52 Å². The van der Waals surface area contributed by atoms with Crippen LogP contribution in [0.15, 0.2) is 4.52 Å². The predicted molar refractivity (Wildman–Crippen MR) is 82.8 cm³/mol. The molecule has 21 heavy (non-hydrogen) atoms. The Kier molecular flexibility index (Phi) is 6.05. The van der Waals surface area contributed by atoms with Gasteiger partial charge in [0.1, 0.15) is 0 Å². The van der Waals surface area contributed by atoms with Crippen LogP contribution in [0, 0.1) is 5.92 Å². The van der Waals surface area contributed by atoms with E-state index >= 15 is 0 Å². The number of carbonyl (C=O) groups is 1. The molecule has 1 N–H and O–H groups in total. The zero-order chi connectivity index (χ0) is 15.2. The van der Waals surface area contributed by atoms with E-state index in [-0.39, 0.29) is 11.8 Å². The van der Waals surface area contributed by atoms with Crippen molar-refractivity contribution < 1.29 is 9.32 Å². The summed E-state index contributed by atoms with van der Waals surface area (Å²) in [5.41, 5.74) is 0. The summed E-state index contributed by atoms with van der Waals surface area (Å²) in [4.78, 5) is 18.8. The minimum Gasteiger partial charge on any atom is -0.347 e. The molecule has 1 saturated heterocycles. The van der Waals surface area contributed by atoms with E-state index in [0.29, 0.717) is 24.3 Å². The maximum atomic E-state index is 12.2. The molecule has 0 aliphatic carbocycles. The van der Waals surface area contributed by atoms with Gasteiger partial charge in [-0.1, -0.05) is 5.16 Å². The minimum absolute atomic E-state index is 0.0646.